The van der Waals surface area contributed by atoms with Crippen molar-refractivity contribution in [2.45, 2.75) is 64.0 Å². The van der Waals surface area contributed by atoms with Gasteiger partial charge in [-0.05, 0) is 57.7 Å². The highest BCUT2D eigenvalue weighted by atomic mass is 16.3. The maximum atomic E-state index is 12.9. The fourth-order valence-corrected chi connectivity index (χ4v) is 4.41. The third-order valence-corrected chi connectivity index (χ3v) is 5.66. The maximum absolute atomic E-state index is 12.9. The number of rotatable bonds is 6. The van der Waals surface area contributed by atoms with Crippen LogP contribution in [0.4, 0.5) is 0 Å². The van der Waals surface area contributed by atoms with E-state index in [1.165, 1.54) is 32.1 Å². The fourth-order valence-electron chi connectivity index (χ4n) is 4.41. The van der Waals surface area contributed by atoms with Crippen molar-refractivity contribution >= 4 is 5.91 Å². The minimum absolute atomic E-state index is 0.0770. The van der Waals surface area contributed by atoms with Crippen molar-refractivity contribution in [3.8, 4) is 0 Å². The van der Waals surface area contributed by atoms with E-state index in [0.29, 0.717) is 25.4 Å². The van der Waals surface area contributed by atoms with Crippen LogP contribution in [0, 0.1) is 12.8 Å². The van der Waals surface area contributed by atoms with Crippen LogP contribution in [-0.2, 0) is 11.3 Å². The van der Waals surface area contributed by atoms with Gasteiger partial charge in [0, 0.05) is 19.6 Å². The number of hydrogen-bond acceptors (Lipinski definition) is 4. The van der Waals surface area contributed by atoms with Crippen molar-refractivity contribution in [3.05, 3.63) is 23.7 Å². The Kier molecular flexibility index (Phi) is 5.85. The molecule has 1 unspecified atom stereocenters. The first-order valence-corrected chi connectivity index (χ1v) is 9.72. The number of amides is 1. The van der Waals surface area contributed by atoms with E-state index in [2.05, 4.69) is 0 Å². The molecule has 0 radical (unpaired) electrons. The second-order valence-electron chi connectivity index (χ2n) is 8.07. The number of furan rings is 1. The Morgan fingerprint density at radius 1 is 1.28 bits per heavy atom. The van der Waals surface area contributed by atoms with Crippen molar-refractivity contribution < 1.29 is 14.3 Å². The lowest BCUT2D eigenvalue weighted by atomic mass is 9.86. The summed E-state index contributed by atoms with van der Waals surface area (Å²) in [4.78, 5) is 16.8. The molecule has 3 rings (SSSR count). The lowest BCUT2D eigenvalue weighted by Crippen LogP contribution is -2.58. The van der Waals surface area contributed by atoms with Gasteiger partial charge in [0.1, 0.15) is 11.5 Å². The monoisotopic (exact) mass is 348 g/mol. The summed E-state index contributed by atoms with van der Waals surface area (Å²) in [5, 5.41) is 11.0. The average molecular weight is 348 g/mol. The largest absolute Gasteiger partial charge is 0.465 e. The number of likely N-dealkylation sites (tertiary alicyclic amines) is 1. The van der Waals surface area contributed by atoms with Crippen LogP contribution in [0.15, 0.2) is 16.5 Å². The van der Waals surface area contributed by atoms with Gasteiger partial charge < -0.3 is 14.4 Å². The van der Waals surface area contributed by atoms with Crippen LogP contribution in [0.2, 0.25) is 0 Å². The Labute approximate surface area is 151 Å². The Balaban J connectivity index is 1.57. The smallest absolute Gasteiger partial charge is 0.255 e. The van der Waals surface area contributed by atoms with Crippen LogP contribution in [0.5, 0.6) is 0 Å². The summed E-state index contributed by atoms with van der Waals surface area (Å²) in [6.07, 6.45) is 7.76. The molecule has 0 spiro atoms. The lowest BCUT2D eigenvalue weighted by Gasteiger charge is -2.41. The summed E-state index contributed by atoms with van der Waals surface area (Å²) in [7, 11) is 1.93. The summed E-state index contributed by atoms with van der Waals surface area (Å²) in [5.74, 6) is 2.29. The van der Waals surface area contributed by atoms with Crippen LogP contribution >= 0.6 is 0 Å². The van der Waals surface area contributed by atoms with E-state index in [1.807, 2.05) is 35.9 Å². The lowest BCUT2D eigenvalue weighted by molar-refractivity contribution is -0.160. The molecule has 0 bridgehead atoms. The van der Waals surface area contributed by atoms with Gasteiger partial charge in [0.05, 0.1) is 6.54 Å². The summed E-state index contributed by atoms with van der Waals surface area (Å²) in [6.45, 7) is 4.49. The highest BCUT2D eigenvalue weighted by Gasteiger charge is 2.43. The van der Waals surface area contributed by atoms with E-state index in [-0.39, 0.29) is 5.91 Å². The van der Waals surface area contributed by atoms with E-state index >= 15 is 0 Å². The molecule has 1 saturated carbocycles. The SMILES string of the molecule is Cc1ccc(CN(C)CC2(O)CCCN(CC3CCCCC3)C2=O)o1. The van der Waals surface area contributed by atoms with Crippen molar-refractivity contribution in [1.82, 2.24) is 9.80 Å². The quantitative estimate of drug-likeness (QED) is 0.859. The van der Waals surface area contributed by atoms with Gasteiger partial charge in [-0.1, -0.05) is 19.3 Å². The number of aryl methyl sites for hydroxylation is 1. The molecule has 1 aliphatic heterocycles. The predicted octanol–water partition coefficient (Wildman–Crippen LogP) is 2.95. The highest BCUT2D eigenvalue weighted by Crippen LogP contribution is 2.29. The van der Waals surface area contributed by atoms with Crippen LogP contribution in [0.3, 0.4) is 0 Å². The molecule has 1 amide bonds. The molecule has 1 aromatic heterocycles. The Hall–Kier alpha value is -1.33. The van der Waals surface area contributed by atoms with Crippen molar-refractivity contribution in [2.75, 3.05) is 26.7 Å². The summed E-state index contributed by atoms with van der Waals surface area (Å²) >= 11 is 0. The van der Waals surface area contributed by atoms with Crippen LogP contribution in [0.25, 0.3) is 0 Å². The van der Waals surface area contributed by atoms with Gasteiger partial charge in [-0.2, -0.15) is 0 Å². The summed E-state index contributed by atoms with van der Waals surface area (Å²) in [5.41, 5.74) is -1.26. The Bertz CT molecular complexity index is 579. The third-order valence-electron chi connectivity index (χ3n) is 5.66. The molecule has 1 saturated heterocycles. The zero-order valence-electron chi connectivity index (χ0n) is 15.7. The number of piperidine rings is 1. The molecular weight excluding hydrogens is 316 g/mol. The Morgan fingerprint density at radius 2 is 2.04 bits per heavy atom. The molecule has 2 aliphatic rings. The fraction of sp³-hybridized carbons (Fsp3) is 0.750. The molecule has 25 heavy (non-hydrogen) atoms. The number of aliphatic hydroxyl groups is 1. The van der Waals surface area contributed by atoms with E-state index in [9.17, 15) is 9.90 Å². The van der Waals surface area contributed by atoms with E-state index in [4.69, 9.17) is 4.42 Å². The van der Waals surface area contributed by atoms with Gasteiger partial charge >= 0.3 is 0 Å². The molecule has 5 heteroatoms. The molecular formula is C20H32N2O3. The number of nitrogens with zero attached hydrogens (tertiary/aromatic N) is 2. The van der Waals surface area contributed by atoms with E-state index < -0.39 is 5.60 Å². The molecule has 2 heterocycles. The van der Waals surface area contributed by atoms with Gasteiger partial charge in [-0.15, -0.1) is 0 Å². The van der Waals surface area contributed by atoms with Gasteiger partial charge in [0.2, 0.25) is 0 Å². The molecule has 2 fully saturated rings. The first kappa shape index (κ1) is 18.5. The molecule has 5 nitrogen and oxygen atoms in total. The Morgan fingerprint density at radius 3 is 2.72 bits per heavy atom. The second kappa shape index (κ2) is 7.92. The van der Waals surface area contributed by atoms with Crippen molar-refractivity contribution in [2.24, 2.45) is 5.92 Å². The first-order chi connectivity index (χ1) is 12.0. The van der Waals surface area contributed by atoms with Crippen LogP contribution in [0.1, 0.15) is 56.5 Å². The number of carbonyl (C=O) groups excluding carboxylic acids is 1. The average Bonchev–Trinajstić information content (AvgIpc) is 2.97. The maximum Gasteiger partial charge on any atom is 0.255 e. The second-order valence-corrected chi connectivity index (χ2v) is 8.07. The molecule has 1 N–H and O–H groups in total. The molecule has 1 atom stereocenters. The standard InChI is InChI=1S/C20H32N2O3/c1-16-9-10-18(25-16)14-21(2)15-20(24)11-6-12-22(19(20)23)13-17-7-4-3-5-8-17/h9-10,17,24H,3-8,11-15H2,1-2H3. The van der Waals surface area contributed by atoms with Gasteiger partial charge in [0.15, 0.2) is 5.60 Å². The topological polar surface area (TPSA) is 56.9 Å². The van der Waals surface area contributed by atoms with E-state index in [0.717, 1.165) is 31.0 Å². The zero-order valence-corrected chi connectivity index (χ0v) is 15.7. The summed E-state index contributed by atoms with van der Waals surface area (Å²) in [6, 6.07) is 3.89. The summed E-state index contributed by atoms with van der Waals surface area (Å²) < 4.78 is 5.61. The number of hydrogen-bond donors (Lipinski definition) is 1. The minimum Gasteiger partial charge on any atom is -0.465 e. The van der Waals surface area contributed by atoms with Gasteiger partial charge in [0.25, 0.3) is 5.91 Å². The van der Waals surface area contributed by atoms with Gasteiger partial charge in [-0.3, -0.25) is 9.69 Å². The van der Waals surface area contributed by atoms with Crippen LogP contribution in [-0.4, -0.2) is 53.1 Å². The highest BCUT2D eigenvalue weighted by molar-refractivity contribution is 5.86. The van der Waals surface area contributed by atoms with Gasteiger partial charge in [-0.25, -0.2) is 0 Å². The number of carbonyl (C=O) groups is 1. The zero-order chi connectivity index (χ0) is 17.9. The van der Waals surface area contributed by atoms with E-state index in [1.54, 1.807) is 0 Å². The normalized spacial score (nSPS) is 25.8. The third kappa shape index (κ3) is 4.64. The number of likely N-dealkylation sites (N-methyl/N-ethyl adjacent to an activating group) is 1. The molecule has 1 aromatic rings. The first-order valence-electron chi connectivity index (χ1n) is 9.72. The van der Waals surface area contributed by atoms with Crippen LogP contribution < -0.4 is 0 Å². The predicted molar refractivity (Wildman–Crippen MR) is 97.1 cm³/mol. The molecule has 140 valence electrons. The molecule has 1 aliphatic carbocycles. The van der Waals surface area contributed by atoms with Crippen molar-refractivity contribution in [1.29, 1.82) is 0 Å². The molecule has 0 aromatic carbocycles. The minimum atomic E-state index is -1.26. The van der Waals surface area contributed by atoms with Crippen molar-refractivity contribution in [3.63, 3.8) is 0 Å².